The third-order valence-electron chi connectivity index (χ3n) is 1.68. The van der Waals surface area contributed by atoms with Gasteiger partial charge in [-0.2, -0.15) is 0 Å². The highest BCUT2D eigenvalue weighted by atomic mass is 28.4. The first kappa shape index (κ1) is 10.9. The average molecular weight is 172 g/mol. The van der Waals surface area contributed by atoms with Crippen molar-refractivity contribution in [2.24, 2.45) is 0 Å². The summed E-state index contributed by atoms with van der Waals surface area (Å²) in [6, 6.07) is 1.24. The molecule has 0 aromatic carbocycles. The number of hydrogen-bond acceptors (Lipinski definition) is 1. The van der Waals surface area contributed by atoms with Gasteiger partial charge in [-0.05, 0) is 39.4 Å². The lowest BCUT2D eigenvalue weighted by Gasteiger charge is -2.20. The molecule has 0 aliphatic carbocycles. The molecule has 0 rings (SSSR count). The normalized spacial score (nSPS) is 12.7. The zero-order chi connectivity index (χ0) is 8.74. The first-order chi connectivity index (χ1) is 5.12. The van der Waals surface area contributed by atoms with E-state index in [0.29, 0.717) is 0 Å². The summed E-state index contributed by atoms with van der Waals surface area (Å²) in [6.07, 6.45) is 5.50. The van der Waals surface area contributed by atoms with Crippen molar-refractivity contribution >= 4 is 8.32 Å². The molecule has 0 aromatic rings. The zero-order valence-electron chi connectivity index (χ0n) is 8.18. The fourth-order valence-electron chi connectivity index (χ4n) is 1.06. The highest BCUT2D eigenvalue weighted by Gasteiger charge is 2.19. The lowest BCUT2D eigenvalue weighted by molar-refractivity contribution is 0.329. The molecule has 66 valence electrons. The summed E-state index contributed by atoms with van der Waals surface area (Å²) < 4.78 is 5.68. The van der Waals surface area contributed by atoms with Gasteiger partial charge in [0.2, 0.25) is 0 Å². The summed E-state index contributed by atoms with van der Waals surface area (Å²) in [5.74, 6) is 0. The van der Waals surface area contributed by atoms with Crippen LogP contribution in [0.15, 0.2) is 12.2 Å². The van der Waals surface area contributed by atoms with Gasteiger partial charge in [0.1, 0.15) is 0 Å². The van der Waals surface area contributed by atoms with Crippen LogP contribution in [0, 0.1) is 0 Å². The Bertz CT molecular complexity index is 119. The first-order valence-electron chi connectivity index (χ1n) is 4.37. The number of hydrogen-bond donors (Lipinski definition) is 0. The highest BCUT2D eigenvalue weighted by Crippen LogP contribution is 2.13. The van der Waals surface area contributed by atoms with E-state index >= 15 is 0 Å². The maximum Gasteiger partial charge on any atom is 0.186 e. The Hall–Kier alpha value is -0.0831. The summed E-state index contributed by atoms with van der Waals surface area (Å²) in [6.45, 7) is 9.56. The molecule has 0 aliphatic rings. The Kier molecular flexibility index (Phi) is 5.51. The van der Waals surface area contributed by atoms with Crippen LogP contribution in [0.25, 0.3) is 0 Å². The largest absolute Gasteiger partial charge is 0.418 e. The molecular weight excluding hydrogens is 152 g/mol. The second kappa shape index (κ2) is 5.55. The van der Waals surface area contributed by atoms with Crippen molar-refractivity contribution in [1.82, 2.24) is 0 Å². The van der Waals surface area contributed by atoms with Crippen LogP contribution in [-0.2, 0) is 4.43 Å². The molecule has 0 radical (unpaired) electrons. The molecule has 0 spiro atoms. The van der Waals surface area contributed by atoms with E-state index in [9.17, 15) is 0 Å². The molecule has 1 nitrogen and oxygen atoms in total. The maximum absolute atomic E-state index is 5.68. The molecule has 0 unspecified atom stereocenters. The molecule has 0 bridgehead atoms. The molecule has 2 heteroatoms. The van der Waals surface area contributed by atoms with Gasteiger partial charge in [-0.25, -0.2) is 0 Å². The van der Waals surface area contributed by atoms with Gasteiger partial charge in [-0.15, -0.1) is 0 Å². The summed E-state index contributed by atoms with van der Waals surface area (Å²) in [5, 5.41) is 0. The molecule has 0 heterocycles. The van der Waals surface area contributed by atoms with Crippen LogP contribution in [-0.4, -0.2) is 14.9 Å². The van der Waals surface area contributed by atoms with Crippen LogP contribution in [0.3, 0.4) is 0 Å². The van der Waals surface area contributed by atoms with E-state index in [-0.39, 0.29) is 0 Å². The van der Waals surface area contributed by atoms with Gasteiger partial charge in [0.15, 0.2) is 8.32 Å². The second-order valence-electron chi connectivity index (χ2n) is 3.30. The molecule has 0 fully saturated rings. The van der Waals surface area contributed by atoms with E-state index in [1.165, 1.54) is 12.5 Å². The van der Waals surface area contributed by atoms with Crippen LogP contribution < -0.4 is 0 Å². The Morgan fingerprint density at radius 2 is 2.00 bits per heavy atom. The molecule has 11 heavy (non-hydrogen) atoms. The molecule has 0 saturated carbocycles. The van der Waals surface area contributed by atoms with Crippen molar-refractivity contribution in [2.45, 2.75) is 39.4 Å². The van der Waals surface area contributed by atoms with Gasteiger partial charge in [0.05, 0.1) is 0 Å². The summed E-state index contributed by atoms with van der Waals surface area (Å²) >= 11 is 0. The lowest BCUT2D eigenvalue weighted by atomic mass is 10.4. The van der Waals surface area contributed by atoms with Crippen molar-refractivity contribution < 1.29 is 4.43 Å². The van der Waals surface area contributed by atoms with Gasteiger partial charge < -0.3 is 4.43 Å². The van der Waals surface area contributed by atoms with Crippen LogP contribution in [0.1, 0.15) is 20.3 Å². The van der Waals surface area contributed by atoms with E-state index in [2.05, 4.69) is 39.1 Å². The number of rotatable bonds is 5. The highest BCUT2D eigenvalue weighted by molar-refractivity contribution is 6.71. The van der Waals surface area contributed by atoms with Crippen LogP contribution in [0.2, 0.25) is 19.1 Å². The minimum atomic E-state index is -1.29. The van der Waals surface area contributed by atoms with Crippen molar-refractivity contribution in [2.75, 3.05) is 6.61 Å². The topological polar surface area (TPSA) is 9.23 Å². The second-order valence-corrected chi connectivity index (χ2v) is 7.61. The maximum atomic E-state index is 5.68. The number of allylic oxidation sites excluding steroid dienone is 2. The molecule has 0 amide bonds. The third-order valence-corrected chi connectivity index (χ3v) is 4.25. The van der Waals surface area contributed by atoms with Crippen molar-refractivity contribution in [3.05, 3.63) is 12.2 Å². The summed E-state index contributed by atoms with van der Waals surface area (Å²) in [5.41, 5.74) is 0. The van der Waals surface area contributed by atoms with Crippen molar-refractivity contribution in [3.63, 3.8) is 0 Å². The van der Waals surface area contributed by atoms with E-state index in [1.807, 2.05) is 0 Å². The average Bonchev–Trinajstić information content (AvgIpc) is 1.87. The molecule has 0 aromatic heterocycles. The zero-order valence-corrected chi connectivity index (χ0v) is 9.18. The molecule has 0 N–H and O–H groups in total. The van der Waals surface area contributed by atoms with E-state index < -0.39 is 8.32 Å². The van der Waals surface area contributed by atoms with Gasteiger partial charge in [-0.3, -0.25) is 0 Å². The van der Waals surface area contributed by atoms with Crippen LogP contribution in [0.5, 0.6) is 0 Å². The first-order valence-corrected chi connectivity index (χ1v) is 7.49. The molecule has 0 aliphatic heterocycles. The van der Waals surface area contributed by atoms with Gasteiger partial charge >= 0.3 is 0 Å². The van der Waals surface area contributed by atoms with Crippen LogP contribution >= 0.6 is 0 Å². The minimum absolute atomic E-state index is 0.870. The fourth-order valence-corrected chi connectivity index (χ4v) is 2.85. The lowest BCUT2D eigenvalue weighted by Crippen LogP contribution is -2.29. The van der Waals surface area contributed by atoms with E-state index in [0.717, 1.165) is 6.61 Å². The Morgan fingerprint density at radius 1 is 1.36 bits per heavy atom. The SMILES string of the molecule is CC=CCC[Si](C)(C)OCC. The Morgan fingerprint density at radius 3 is 2.45 bits per heavy atom. The molecular formula is C9H20OSi. The fraction of sp³-hybridized carbons (Fsp3) is 0.778. The Balaban J connectivity index is 3.54. The summed E-state index contributed by atoms with van der Waals surface area (Å²) in [4.78, 5) is 0. The molecule has 0 atom stereocenters. The minimum Gasteiger partial charge on any atom is -0.418 e. The third kappa shape index (κ3) is 6.32. The predicted octanol–water partition coefficient (Wildman–Crippen LogP) is 3.19. The summed E-state index contributed by atoms with van der Waals surface area (Å²) in [7, 11) is -1.29. The smallest absolute Gasteiger partial charge is 0.186 e. The van der Waals surface area contributed by atoms with E-state index in [1.54, 1.807) is 0 Å². The predicted molar refractivity (Wildman–Crippen MR) is 53.3 cm³/mol. The molecule has 0 saturated heterocycles. The van der Waals surface area contributed by atoms with Crippen molar-refractivity contribution in [3.8, 4) is 0 Å². The van der Waals surface area contributed by atoms with Gasteiger partial charge in [-0.1, -0.05) is 12.2 Å². The van der Waals surface area contributed by atoms with Crippen molar-refractivity contribution in [1.29, 1.82) is 0 Å². The Labute approximate surface area is 71.6 Å². The van der Waals surface area contributed by atoms with Crippen LogP contribution in [0.4, 0.5) is 0 Å². The quantitative estimate of drug-likeness (QED) is 0.457. The monoisotopic (exact) mass is 172 g/mol. The van der Waals surface area contributed by atoms with E-state index in [4.69, 9.17) is 4.43 Å². The standard InChI is InChI=1S/C9H20OSi/c1-5-7-8-9-11(3,4)10-6-2/h5,7H,6,8-9H2,1-4H3. The van der Waals surface area contributed by atoms with Gasteiger partial charge in [0.25, 0.3) is 0 Å². The van der Waals surface area contributed by atoms with Gasteiger partial charge in [0, 0.05) is 6.61 Å².